The Morgan fingerprint density at radius 2 is 1.68 bits per heavy atom. The normalized spacial score (nSPS) is 16.9. The van der Waals surface area contributed by atoms with E-state index in [9.17, 15) is 4.79 Å². The van der Waals surface area contributed by atoms with Crippen molar-refractivity contribution in [2.75, 3.05) is 13.1 Å². The minimum absolute atomic E-state index is 0.110. The molecule has 1 fully saturated rings. The van der Waals surface area contributed by atoms with Crippen LogP contribution in [0.3, 0.4) is 0 Å². The van der Waals surface area contributed by atoms with Crippen LogP contribution in [0.5, 0.6) is 0 Å². The van der Waals surface area contributed by atoms with Crippen LogP contribution in [0.4, 0.5) is 0 Å². The van der Waals surface area contributed by atoms with Gasteiger partial charge in [-0.25, -0.2) is 0 Å². The average molecular weight is 379 g/mol. The van der Waals surface area contributed by atoms with Crippen molar-refractivity contribution in [1.82, 2.24) is 10.2 Å². The molecule has 1 aliphatic heterocycles. The summed E-state index contributed by atoms with van der Waals surface area (Å²) in [5.74, 6) is 0.902. The number of carbonyl (C=O) groups excluding carboxylic acids is 1. The molecule has 3 nitrogen and oxygen atoms in total. The highest BCUT2D eigenvalue weighted by atomic mass is 16.1. The van der Waals surface area contributed by atoms with Crippen molar-refractivity contribution in [2.45, 2.75) is 52.6 Å². The molecule has 0 unspecified atom stereocenters. The van der Waals surface area contributed by atoms with Gasteiger partial charge in [-0.1, -0.05) is 74.0 Å². The fraction of sp³-hybridized carbons (Fsp3) is 0.480. The summed E-state index contributed by atoms with van der Waals surface area (Å²) >= 11 is 0. The fourth-order valence-electron chi connectivity index (χ4n) is 4.03. The van der Waals surface area contributed by atoms with Crippen LogP contribution in [0.15, 0.2) is 54.6 Å². The zero-order chi connectivity index (χ0) is 19.9. The first-order valence-corrected chi connectivity index (χ1v) is 10.6. The largest absolute Gasteiger partial charge is 0.349 e. The van der Waals surface area contributed by atoms with Gasteiger partial charge in [-0.2, -0.15) is 0 Å². The lowest BCUT2D eigenvalue weighted by molar-refractivity contribution is -0.127. The summed E-state index contributed by atoms with van der Waals surface area (Å²) in [4.78, 5) is 15.4. The van der Waals surface area contributed by atoms with Crippen LogP contribution in [0.25, 0.3) is 0 Å². The summed E-state index contributed by atoms with van der Waals surface area (Å²) in [5, 5.41) is 3.35. The van der Waals surface area contributed by atoms with E-state index in [1.807, 2.05) is 6.07 Å². The van der Waals surface area contributed by atoms with E-state index < -0.39 is 0 Å². The minimum Gasteiger partial charge on any atom is -0.349 e. The molecular formula is C25H34N2O. The summed E-state index contributed by atoms with van der Waals surface area (Å²) in [6.45, 7) is 9.51. The van der Waals surface area contributed by atoms with E-state index in [2.05, 4.69) is 79.5 Å². The molecule has 3 rings (SSSR count). The molecule has 1 aliphatic rings. The van der Waals surface area contributed by atoms with E-state index >= 15 is 0 Å². The second-order valence-corrected chi connectivity index (χ2v) is 8.64. The quantitative estimate of drug-likeness (QED) is 0.726. The minimum atomic E-state index is 0.110. The number of carbonyl (C=O) groups is 1. The standard InChI is InChI=1S/C25H34N2O/c1-19(2)17-24(22-7-5-4-6-8-22)26-25(28)23-13-15-27(16-14-23)18-21-11-9-20(3)10-12-21/h4-12,19,23-24H,13-18H2,1-3H3,(H,26,28)/t24-/m1/s1. The molecule has 1 saturated heterocycles. The Labute approximate surface area is 170 Å². The van der Waals surface area contributed by atoms with Crippen LogP contribution in [-0.4, -0.2) is 23.9 Å². The summed E-state index contributed by atoms with van der Waals surface area (Å²) in [5.41, 5.74) is 3.87. The van der Waals surface area contributed by atoms with Crippen molar-refractivity contribution < 1.29 is 4.79 Å². The highest BCUT2D eigenvalue weighted by Gasteiger charge is 2.27. The van der Waals surface area contributed by atoms with E-state index in [0.29, 0.717) is 5.92 Å². The lowest BCUT2D eigenvalue weighted by atomic mass is 9.92. The molecule has 0 saturated carbocycles. The Morgan fingerprint density at radius 3 is 2.29 bits per heavy atom. The van der Waals surface area contributed by atoms with Crippen LogP contribution >= 0.6 is 0 Å². The average Bonchev–Trinajstić information content (AvgIpc) is 2.70. The first-order valence-electron chi connectivity index (χ1n) is 10.6. The van der Waals surface area contributed by atoms with E-state index in [4.69, 9.17) is 0 Å². The molecule has 0 aromatic heterocycles. The number of hydrogen-bond donors (Lipinski definition) is 1. The fourth-order valence-corrected chi connectivity index (χ4v) is 4.03. The number of amides is 1. The van der Waals surface area contributed by atoms with Gasteiger partial charge in [-0.15, -0.1) is 0 Å². The number of benzene rings is 2. The van der Waals surface area contributed by atoms with Gasteiger partial charge in [0, 0.05) is 12.5 Å². The molecule has 0 bridgehead atoms. The third-order valence-corrected chi connectivity index (χ3v) is 5.71. The van der Waals surface area contributed by atoms with Crippen molar-refractivity contribution in [3.05, 3.63) is 71.3 Å². The highest BCUT2D eigenvalue weighted by molar-refractivity contribution is 5.79. The number of piperidine rings is 1. The van der Waals surface area contributed by atoms with Gasteiger partial charge in [0.05, 0.1) is 6.04 Å². The maximum absolute atomic E-state index is 12.9. The molecule has 150 valence electrons. The first-order chi connectivity index (χ1) is 13.5. The number of rotatable bonds is 7. The molecule has 0 radical (unpaired) electrons. The number of likely N-dealkylation sites (tertiary alicyclic amines) is 1. The molecule has 0 aliphatic carbocycles. The van der Waals surface area contributed by atoms with Gasteiger partial charge in [0.25, 0.3) is 0 Å². The van der Waals surface area contributed by atoms with Crippen molar-refractivity contribution in [1.29, 1.82) is 0 Å². The predicted octanol–water partition coefficient (Wildman–Crippen LogP) is 5.11. The molecule has 1 heterocycles. The van der Waals surface area contributed by atoms with E-state index in [0.717, 1.165) is 38.9 Å². The Morgan fingerprint density at radius 1 is 1.04 bits per heavy atom. The van der Waals surface area contributed by atoms with Gasteiger partial charge < -0.3 is 5.32 Å². The van der Waals surface area contributed by atoms with Gasteiger partial charge in [0.2, 0.25) is 5.91 Å². The number of nitrogens with one attached hydrogen (secondary N) is 1. The van der Waals surface area contributed by atoms with E-state index in [1.165, 1.54) is 16.7 Å². The van der Waals surface area contributed by atoms with E-state index in [1.54, 1.807) is 0 Å². The number of aryl methyl sites for hydroxylation is 1. The molecule has 28 heavy (non-hydrogen) atoms. The summed E-state index contributed by atoms with van der Waals surface area (Å²) in [7, 11) is 0. The van der Waals surface area contributed by atoms with Crippen LogP contribution in [0.2, 0.25) is 0 Å². The van der Waals surface area contributed by atoms with Gasteiger partial charge in [0.15, 0.2) is 0 Å². The van der Waals surface area contributed by atoms with Crippen LogP contribution in [-0.2, 0) is 11.3 Å². The van der Waals surface area contributed by atoms with E-state index in [-0.39, 0.29) is 17.9 Å². The number of hydrogen-bond acceptors (Lipinski definition) is 2. The highest BCUT2D eigenvalue weighted by Crippen LogP contribution is 2.24. The third-order valence-electron chi connectivity index (χ3n) is 5.71. The second kappa shape index (κ2) is 9.88. The lowest BCUT2D eigenvalue weighted by Gasteiger charge is -2.32. The molecule has 3 heteroatoms. The van der Waals surface area contributed by atoms with Crippen molar-refractivity contribution in [3.63, 3.8) is 0 Å². The zero-order valence-electron chi connectivity index (χ0n) is 17.5. The van der Waals surface area contributed by atoms with Crippen LogP contribution in [0, 0.1) is 18.8 Å². The molecule has 0 spiro atoms. The van der Waals surface area contributed by atoms with Crippen molar-refractivity contribution in [3.8, 4) is 0 Å². The summed E-state index contributed by atoms with van der Waals surface area (Å²) < 4.78 is 0. The topological polar surface area (TPSA) is 32.3 Å². The monoisotopic (exact) mass is 378 g/mol. The third kappa shape index (κ3) is 5.93. The Bertz CT molecular complexity index is 731. The maximum atomic E-state index is 12.9. The lowest BCUT2D eigenvalue weighted by Crippen LogP contribution is -2.41. The maximum Gasteiger partial charge on any atom is 0.223 e. The van der Waals surface area contributed by atoms with Crippen LogP contribution in [0.1, 0.15) is 55.8 Å². The zero-order valence-corrected chi connectivity index (χ0v) is 17.5. The molecular weight excluding hydrogens is 344 g/mol. The SMILES string of the molecule is Cc1ccc(CN2CCC(C(=O)N[C@H](CC(C)C)c3ccccc3)CC2)cc1. The van der Waals surface area contributed by atoms with Crippen molar-refractivity contribution >= 4 is 5.91 Å². The van der Waals surface area contributed by atoms with Crippen molar-refractivity contribution in [2.24, 2.45) is 11.8 Å². The second-order valence-electron chi connectivity index (χ2n) is 8.64. The van der Waals surface area contributed by atoms with Crippen LogP contribution < -0.4 is 5.32 Å². The molecule has 1 N–H and O–H groups in total. The van der Waals surface area contributed by atoms with Gasteiger partial charge >= 0.3 is 0 Å². The van der Waals surface area contributed by atoms with Gasteiger partial charge in [0.1, 0.15) is 0 Å². The Hall–Kier alpha value is -2.13. The number of nitrogens with zero attached hydrogens (tertiary/aromatic N) is 1. The predicted molar refractivity (Wildman–Crippen MR) is 116 cm³/mol. The Balaban J connectivity index is 1.52. The molecule has 1 amide bonds. The van der Waals surface area contributed by atoms with Gasteiger partial charge in [-0.3, -0.25) is 9.69 Å². The summed E-state index contributed by atoms with van der Waals surface area (Å²) in [6.07, 6.45) is 2.86. The summed E-state index contributed by atoms with van der Waals surface area (Å²) in [6, 6.07) is 19.3. The molecule has 2 aromatic rings. The Kier molecular flexibility index (Phi) is 7.27. The smallest absolute Gasteiger partial charge is 0.223 e. The molecule has 2 aromatic carbocycles. The molecule has 1 atom stereocenters. The van der Waals surface area contributed by atoms with Gasteiger partial charge in [-0.05, 0) is 56.3 Å². The first kappa shape index (κ1) is 20.6.